The van der Waals surface area contributed by atoms with Crippen molar-refractivity contribution < 1.29 is 4.79 Å². The van der Waals surface area contributed by atoms with Crippen LogP contribution >= 0.6 is 11.3 Å². The molecule has 3 rings (SSSR count). The minimum Gasteiger partial charge on any atom is -0.301 e. The number of nitrogens with zero attached hydrogens (tertiary/aromatic N) is 2. The highest BCUT2D eigenvalue weighted by atomic mass is 32.1. The third-order valence-corrected chi connectivity index (χ3v) is 4.90. The molecule has 1 aromatic heterocycles. The number of benzene rings is 1. The summed E-state index contributed by atoms with van der Waals surface area (Å²) in [6, 6.07) is 7.98. The maximum Gasteiger partial charge on any atom is 0.243 e. The van der Waals surface area contributed by atoms with E-state index >= 15 is 0 Å². The fourth-order valence-corrected chi connectivity index (χ4v) is 3.83. The Balaban J connectivity index is 1.72. The summed E-state index contributed by atoms with van der Waals surface area (Å²) in [5, 5.41) is 3.73. The third-order valence-electron chi connectivity index (χ3n) is 3.95. The van der Waals surface area contributed by atoms with E-state index < -0.39 is 0 Å². The number of fused-ring (bicyclic) bond motifs is 1. The summed E-state index contributed by atoms with van der Waals surface area (Å²) >= 11 is 1.54. The number of carbonyl (C=O) groups excluding carboxylic acids is 1. The van der Waals surface area contributed by atoms with Gasteiger partial charge in [0.15, 0.2) is 5.13 Å². The highest BCUT2D eigenvalue weighted by Crippen LogP contribution is 2.26. The van der Waals surface area contributed by atoms with E-state index in [1.165, 1.54) is 6.42 Å². The van der Waals surface area contributed by atoms with Crippen molar-refractivity contribution in [3.63, 3.8) is 0 Å². The van der Waals surface area contributed by atoms with Gasteiger partial charge in [0.25, 0.3) is 0 Å². The van der Waals surface area contributed by atoms with Crippen LogP contribution in [0.4, 0.5) is 5.13 Å². The van der Waals surface area contributed by atoms with E-state index in [0.29, 0.717) is 5.13 Å². The van der Waals surface area contributed by atoms with Gasteiger partial charge in [-0.3, -0.25) is 9.69 Å². The Morgan fingerprint density at radius 3 is 3.10 bits per heavy atom. The molecule has 0 aliphatic carbocycles. The molecule has 2 heterocycles. The molecule has 1 aliphatic rings. The molecule has 0 saturated carbocycles. The van der Waals surface area contributed by atoms with Gasteiger partial charge in [0.05, 0.1) is 16.3 Å². The standard InChI is InChI=1S/C16H21N3OS/c1-2-10-19-11-6-5-8-13(19)15(20)18-16-17-12-7-3-4-9-14(12)21-16/h3-4,7,9,13H,2,5-6,8,10-11H2,1H3,(H,17,18,20)/t13-/m0/s1. The number of rotatable bonds is 4. The number of carbonyl (C=O) groups is 1. The van der Waals surface area contributed by atoms with E-state index in [4.69, 9.17) is 0 Å². The first-order valence-corrected chi connectivity index (χ1v) is 8.50. The zero-order chi connectivity index (χ0) is 14.7. The minimum atomic E-state index is 0.00529. The summed E-state index contributed by atoms with van der Waals surface area (Å²) in [7, 11) is 0. The normalized spacial score (nSPS) is 19.8. The van der Waals surface area contributed by atoms with Crippen molar-refractivity contribution in [3.05, 3.63) is 24.3 Å². The van der Waals surface area contributed by atoms with Gasteiger partial charge in [0.2, 0.25) is 5.91 Å². The molecule has 0 radical (unpaired) electrons. The van der Waals surface area contributed by atoms with Crippen LogP contribution in [0.5, 0.6) is 0 Å². The number of piperidine rings is 1. The Morgan fingerprint density at radius 2 is 2.29 bits per heavy atom. The zero-order valence-corrected chi connectivity index (χ0v) is 13.2. The Hall–Kier alpha value is -1.46. The van der Waals surface area contributed by atoms with E-state index in [0.717, 1.165) is 42.6 Å². The van der Waals surface area contributed by atoms with Gasteiger partial charge in [-0.05, 0) is 44.5 Å². The highest BCUT2D eigenvalue weighted by molar-refractivity contribution is 7.22. The predicted octanol–water partition coefficient (Wildman–Crippen LogP) is 3.50. The lowest BCUT2D eigenvalue weighted by Gasteiger charge is -2.34. The maximum atomic E-state index is 12.5. The Kier molecular flexibility index (Phi) is 4.51. The maximum absolute atomic E-state index is 12.5. The highest BCUT2D eigenvalue weighted by Gasteiger charge is 2.28. The van der Waals surface area contributed by atoms with Crippen molar-refractivity contribution in [2.45, 2.75) is 38.6 Å². The zero-order valence-electron chi connectivity index (χ0n) is 12.3. The number of amides is 1. The van der Waals surface area contributed by atoms with Gasteiger partial charge in [-0.25, -0.2) is 4.98 Å². The van der Waals surface area contributed by atoms with Crippen LogP contribution in [-0.4, -0.2) is 34.9 Å². The third kappa shape index (κ3) is 3.24. The van der Waals surface area contributed by atoms with E-state index in [-0.39, 0.29) is 11.9 Å². The molecule has 0 unspecified atom stereocenters. The number of thiazole rings is 1. The monoisotopic (exact) mass is 303 g/mol. The molecule has 0 bridgehead atoms. The first-order chi connectivity index (χ1) is 10.3. The lowest BCUT2D eigenvalue weighted by molar-refractivity contribution is -0.122. The molecule has 0 spiro atoms. The minimum absolute atomic E-state index is 0.00529. The Bertz CT molecular complexity index is 590. The van der Waals surface area contributed by atoms with Crippen molar-refractivity contribution in [2.75, 3.05) is 18.4 Å². The van der Waals surface area contributed by atoms with Gasteiger partial charge >= 0.3 is 0 Å². The van der Waals surface area contributed by atoms with Gasteiger partial charge in [0, 0.05) is 0 Å². The fourth-order valence-electron chi connectivity index (χ4n) is 2.96. The molecule has 1 atom stereocenters. The van der Waals surface area contributed by atoms with Crippen LogP contribution in [0.1, 0.15) is 32.6 Å². The molecule has 1 N–H and O–H groups in total. The molecule has 1 aromatic carbocycles. The number of hydrogen-bond donors (Lipinski definition) is 1. The molecule has 1 saturated heterocycles. The van der Waals surface area contributed by atoms with Gasteiger partial charge in [-0.2, -0.15) is 0 Å². The van der Waals surface area contributed by atoms with Crippen molar-refractivity contribution in [1.29, 1.82) is 0 Å². The van der Waals surface area contributed by atoms with Crippen LogP contribution in [0.3, 0.4) is 0 Å². The van der Waals surface area contributed by atoms with E-state index in [2.05, 4.69) is 22.1 Å². The number of aromatic nitrogens is 1. The number of nitrogens with one attached hydrogen (secondary N) is 1. The number of para-hydroxylation sites is 1. The van der Waals surface area contributed by atoms with E-state index in [1.807, 2.05) is 24.3 Å². The van der Waals surface area contributed by atoms with Crippen LogP contribution in [0, 0.1) is 0 Å². The molecule has 21 heavy (non-hydrogen) atoms. The summed E-state index contributed by atoms with van der Waals surface area (Å²) in [6.07, 6.45) is 4.38. The largest absolute Gasteiger partial charge is 0.301 e. The van der Waals surface area contributed by atoms with Crippen molar-refractivity contribution >= 4 is 32.6 Å². The topological polar surface area (TPSA) is 45.2 Å². The first-order valence-electron chi connectivity index (χ1n) is 7.68. The summed E-state index contributed by atoms with van der Waals surface area (Å²) < 4.78 is 1.11. The predicted molar refractivity (Wildman–Crippen MR) is 87.8 cm³/mol. The first kappa shape index (κ1) is 14.5. The molecule has 4 nitrogen and oxygen atoms in total. The molecular weight excluding hydrogens is 282 g/mol. The summed E-state index contributed by atoms with van der Waals surface area (Å²) in [4.78, 5) is 19.3. The van der Waals surface area contributed by atoms with Crippen LogP contribution in [-0.2, 0) is 4.79 Å². The summed E-state index contributed by atoms with van der Waals surface area (Å²) in [5.74, 6) is 0.0993. The van der Waals surface area contributed by atoms with E-state index in [1.54, 1.807) is 11.3 Å². The molecular formula is C16H21N3OS. The summed E-state index contributed by atoms with van der Waals surface area (Å²) in [6.45, 7) is 4.20. The smallest absolute Gasteiger partial charge is 0.243 e. The number of anilines is 1. The van der Waals surface area contributed by atoms with Crippen LogP contribution in [0.15, 0.2) is 24.3 Å². The second-order valence-electron chi connectivity index (χ2n) is 5.52. The molecule has 2 aromatic rings. The number of likely N-dealkylation sites (tertiary alicyclic amines) is 1. The molecule has 1 aliphatic heterocycles. The molecule has 5 heteroatoms. The van der Waals surface area contributed by atoms with Crippen LogP contribution in [0.25, 0.3) is 10.2 Å². The lowest BCUT2D eigenvalue weighted by Crippen LogP contribution is -2.47. The van der Waals surface area contributed by atoms with Crippen LogP contribution < -0.4 is 5.32 Å². The quantitative estimate of drug-likeness (QED) is 0.940. The second-order valence-corrected chi connectivity index (χ2v) is 6.55. The fraction of sp³-hybridized carbons (Fsp3) is 0.500. The second kappa shape index (κ2) is 6.54. The van der Waals surface area contributed by atoms with Gasteiger partial charge in [-0.15, -0.1) is 0 Å². The van der Waals surface area contributed by atoms with Crippen LogP contribution in [0.2, 0.25) is 0 Å². The lowest BCUT2D eigenvalue weighted by atomic mass is 10.0. The van der Waals surface area contributed by atoms with Crippen molar-refractivity contribution in [3.8, 4) is 0 Å². The molecule has 1 amide bonds. The Morgan fingerprint density at radius 1 is 1.43 bits per heavy atom. The SMILES string of the molecule is CCCN1CCCC[C@H]1C(=O)Nc1nc2ccccc2s1. The molecule has 112 valence electrons. The average Bonchev–Trinajstić information content (AvgIpc) is 2.90. The van der Waals surface area contributed by atoms with E-state index in [9.17, 15) is 4.79 Å². The van der Waals surface area contributed by atoms with Gasteiger partial charge in [-0.1, -0.05) is 36.8 Å². The number of hydrogen-bond acceptors (Lipinski definition) is 4. The average molecular weight is 303 g/mol. The molecule has 1 fully saturated rings. The summed E-state index contributed by atoms with van der Waals surface area (Å²) in [5.41, 5.74) is 0.951. The van der Waals surface area contributed by atoms with Crippen molar-refractivity contribution in [2.24, 2.45) is 0 Å². The van der Waals surface area contributed by atoms with Crippen molar-refractivity contribution in [1.82, 2.24) is 9.88 Å². The van der Waals surface area contributed by atoms with Gasteiger partial charge in [0.1, 0.15) is 0 Å². The Labute approximate surface area is 129 Å². The van der Waals surface area contributed by atoms with Gasteiger partial charge < -0.3 is 5.32 Å².